The fourth-order valence-corrected chi connectivity index (χ4v) is 2.08. The molecule has 1 saturated heterocycles. The summed E-state index contributed by atoms with van der Waals surface area (Å²) in [6.45, 7) is 9.49. The summed E-state index contributed by atoms with van der Waals surface area (Å²) in [5.74, 6) is -0.703. The predicted molar refractivity (Wildman–Crippen MR) is 67.1 cm³/mol. The largest absolute Gasteiger partial charge is 0.481 e. The molecule has 0 aromatic heterocycles. The third-order valence-electron chi connectivity index (χ3n) is 3.53. The van der Waals surface area contributed by atoms with E-state index in [0.29, 0.717) is 6.10 Å². The van der Waals surface area contributed by atoms with Gasteiger partial charge in [-0.15, -0.1) is 0 Å². The molecule has 1 fully saturated rings. The Hall–Kier alpha value is -0.610. The Morgan fingerprint density at radius 2 is 2.24 bits per heavy atom. The lowest BCUT2D eigenvalue weighted by atomic mass is 9.88. The average Bonchev–Trinajstić information content (AvgIpc) is 2.29. The molecule has 0 aliphatic carbocycles. The first-order valence-electron chi connectivity index (χ1n) is 6.53. The smallest absolute Gasteiger partial charge is 0.309 e. The Kier molecular flexibility index (Phi) is 5.40. The zero-order chi connectivity index (χ0) is 12.9. The average molecular weight is 243 g/mol. The molecule has 0 spiro atoms. The minimum absolute atomic E-state index is 0.358. The zero-order valence-corrected chi connectivity index (χ0v) is 11.2. The minimum Gasteiger partial charge on any atom is -0.481 e. The lowest BCUT2D eigenvalue weighted by molar-refractivity contribution is -0.147. The molecule has 0 saturated carbocycles. The maximum Gasteiger partial charge on any atom is 0.309 e. The van der Waals surface area contributed by atoms with Crippen molar-refractivity contribution in [3.63, 3.8) is 0 Å². The second kappa shape index (κ2) is 6.36. The van der Waals surface area contributed by atoms with Crippen LogP contribution in [-0.2, 0) is 9.53 Å². The molecule has 1 heterocycles. The van der Waals surface area contributed by atoms with Gasteiger partial charge in [-0.2, -0.15) is 0 Å². The summed E-state index contributed by atoms with van der Waals surface area (Å²) < 4.78 is 5.61. The SMILES string of the molecule is CCC1CN(CCCC(C)(C)C(=O)O)CCO1. The second-order valence-corrected chi connectivity index (χ2v) is 5.49. The molecular formula is C13H25NO3. The topological polar surface area (TPSA) is 49.8 Å². The first-order valence-corrected chi connectivity index (χ1v) is 6.53. The van der Waals surface area contributed by atoms with Gasteiger partial charge < -0.3 is 9.84 Å². The van der Waals surface area contributed by atoms with E-state index in [1.807, 2.05) is 0 Å². The van der Waals surface area contributed by atoms with Crippen molar-refractivity contribution in [2.45, 2.75) is 46.1 Å². The maximum atomic E-state index is 11.0. The number of aliphatic carboxylic acids is 1. The van der Waals surface area contributed by atoms with Crippen molar-refractivity contribution in [2.24, 2.45) is 5.41 Å². The van der Waals surface area contributed by atoms with Gasteiger partial charge in [0.05, 0.1) is 18.1 Å². The minimum atomic E-state index is -0.703. The van der Waals surface area contributed by atoms with Gasteiger partial charge in [0.25, 0.3) is 0 Å². The van der Waals surface area contributed by atoms with Gasteiger partial charge in [0, 0.05) is 13.1 Å². The number of hydrogen-bond donors (Lipinski definition) is 1. The van der Waals surface area contributed by atoms with Crippen LogP contribution in [0.5, 0.6) is 0 Å². The van der Waals surface area contributed by atoms with Crippen LogP contribution in [0.2, 0.25) is 0 Å². The Bertz CT molecular complexity index is 253. The third kappa shape index (κ3) is 4.64. The lowest BCUT2D eigenvalue weighted by Gasteiger charge is -2.33. The van der Waals surface area contributed by atoms with Crippen molar-refractivity contribution in [1.82, 2.24) is 4.90 Å². The van der Waals surface area contributed by atoms with E-state index in [1.165, 1.54) is 0 Å². The van der Waals surface area contributed by atoms with E-state index in [0.717, 1.165) is 45.5 Å². The van der Waals surface area contributed by atoms with Crippen molar-refractivity contribution in [3.8, 4) is 0 Å². The van der Waals surface area contributed by atoms with Crippen molar-refractivity contribution in [2.75, 3.05) is 26.2 Å². The number of ether oxygens (including phenoxy) is 1. The van der Waals surface area contributed by atoms with Gasteiger partial charge in [-0.05, 0) is 39.7 Å². The predicted octanol–water partition coefficient (Wildman–Crippen LogP) is 1.99. The highest BCUT2D eigenvalue weighted by Gasteiger charge is 2.27. The van der Waals surface area contributed by atoms with Crippen LogP contribution in [0.25, 0.3) is 0 Å². The standard InChI is InChI=1S/C13H25NO3/c1-4-11-10-14(8-9-17-11)7-5-6-13(2,3)12(15)16/h11H,4-10H2,1-3H3,(H,15,16). The summed E-state index contributed by atoms with van der Waals surface area (Å²) in [6, 6.07) is 0. The molecule has 4 nitrogen and oxygen atoms in total. The van der Waals surface area contributed by atoms with E-state index in [2.05, 4.69) is 11.8 Å². The summed E-state index contributed by atoms with van der Waals surface area (Å²) in [4.78, 5) is 13.4. The Morgan fingerprint density at radius 3 is 2.82 bits per heavy atom. The number of carbonyl (C=O) groups is 1. The second-order valence-electron chi connectivity index (χ2n) is 5.49. The van der Waals surface area contributed by atoms with Crippen LogP contribution in [0.1, 0.15) is 40.0 Å². The molecular weight excluding hydrogens is 218 g/mol. The van der Waals surface area contributed by atoms with Crippen LogP contribution in [0, 0.1) is 5.41 Å². The highest BCUT2D eigenvalue weighted by molar-refractivity contribution is 5.73. The molecule has 1 N–H and O–H groups in total. The quantitative estimate of drug-likeness (QED) is 0.775. The van der Waals surface area contributed by atoms with Gasteiger partial charge in [0.15, 0.2) is 0 Å². The van der Waals surface area contributed by atoms with Crippen LogP contribution < -0.4 is 0 Å². The normalized spacial score (nSPS) is 22.6. The summed E-state index contributed by atoms with van der Waals surface area (Å²) in [5, 5.41) is 9.02. The molecule has 1 aliphatic heterocycles. The number of carboxylic acid groups (broad SMARTS) is 1. The van der Waals surface area contributed by atoms with E-state index < -0.39 is 11.4 Å². The van der Waals surface area contributed by atoms with Gasteiger partial charge >= 0.3 is 5.97 Å². The van der Waals surface area contributed by atoms with E-state index in [4.69, 9.17) is 9.84 Å². The van der Waals surface area contributed by atoms with E-state index in [-0.39, 0.29) is 0 Å². The van der Waals surface area contributed by atoms with Crippen LogP contribution in [0.15, 0.2) is 0 Å². The highest BCUT2D eigenvalue weighted by Crippen LogP contribution is 2.22. The number of nitrogens with zero attached hydrogens (tertiary/aromatic N) is 1. The molecule has 1 aliphatic rings. The molecule has 4 heteroatoms. The molecule has 0 amide bonds. The fraction of sp³-hybridized carbons (Fsp3) is 0.923. The Labute approximate surface area is 104 Å². The van der Waals surface area contributed by atoms with E-state index in [9.17, 15) is 4.79 Å². The zero-order valence-electron chi connectivity index (χ0n) is 11.2. The summed E-state index contributed by atoms with van der Waals surface area (Å²) in [6.07, 6.45) is 3.08. The molecule has 0 bridgehead atoms. The first kappa shape index (κ1) is 14.5. The van der Waals surface area contributed by atoms with Crippen molar-refractivity contribution in [1.29, 1.82) is 0 Å². The van der Waals surface area contributed by atoms with Crippen molar-refractivity contribution < 1.29 is 14.6 Å². The monoisotopic (exact) mass is 243 g/mol. The van der Waals surface area contributed by atoms with Crippen molar-refractivity contribution >= 4 is 5.97 Å². The van der Waals surface area contributed by atoms with Crippen LogP contribution >= 0.6 is 0 Å². The molecule has 0 aromatic carbocycles. The number of morpholine rings is 1. The maximum absolute atomic E-state index is 11.0. The summed E-state index contributed by atoms with van der Waals surface area (Å²) in [7, 11) is 0. The van der Waals surface area contributed by atoms with Crippen molar-refractivity contribution in [3.05, 3.63) is 0 Å². The molecule has 17 heavy (non-hydrogen) atoms. The number of hydrogen-bond acceptors (Lipinski definition) is 3. The summed E-state index contributed by atoms with van der Waals surface area (Å²) >= 11 is 0. The fourth-order valence-electron chi connectivity index (χ4n) is 2.08. The molecule has 1 unspecified atom stereocenters. The summed E-state index contributed by atoms with van der Waals surface area (Å²) in [5.41, 5.74) is -0.601. The molecule has 0 radical (unpaired) electrons. The van der Waals surface area contributed by atoms with E-state index >= 15 is 0 Å². The van der Waals surface area contributed by atoms with Gasteiger partial charge in [-0.25, -0.2) is 0 Å². The van der Waals surface area contributed by atoms with Gasteiger partial charge in [0.2, 0.25) is 0 Å². The van der Waals surface area contributed by atoms with Gasteiger partial charge in [-0.1, -0.05) is 6.92 Å². The first-order chi connectivity index (χ1) is 7.95. The van der Waals surface area contributed by atoms with E-state index in [1.54, 1.807) is 13.8 Å². The molecule has 0 aromatic rings. The van der Waals surface area contributed by atoms with Crippen LogP contribution in [0.3, 0.4) is 0 Å². The highest BCUT2D eigenvalue weighted by atomic mass is 16.5. The lowest BCUT2D eigenvalue weighted by Crippen LogP contribution is -2.42. The molecule has 1 rings (SSSR count). The number of carboxylic acids is 1. The van der Waals surface area contributed by atoms with Crippen LogP contribution in [0.4, 0.5) is 0 Å². The Balaban J connectivity index is 2.24. The molecule has 1 atom stereocenters. The van der Waals surface area contributed by atoms with Crippen LogP contribution in [-0.4, -0.2) is 48.3 Å². The third-order valence-corrected chi connectivity index (χ3v) is 3.53. The Morgan fingerprint density at radius 1 is 1.53 bits per heavy atom. The van der Waals surface area contributed by atoms with Gasteiger partial charge in [-0.3, -0.25) is 9.69 Å². The van der Waals surface area contributed by atoms with Gasteiger partial charge in [0.1, 0.15) is 0 Å². The molecule has 100 valence electrons. The number of rotatable bonds is 6.